The van der Waals surface area contributed by atoms with Crippen LogP contribution in [0.1, 0.15) is 30.4 Å². The Hall–Kier alpha value is -1.97. The van der Waals surface area contributed by atoms with Crippen LogP contribution >= 0.6 is 0 Å². The van der Waals surface area contributed by atoms with Gasteiger partial charge in [0.15, 0.2) is 0 Å². The highest BCUT2D eigenvalue weighted by molar-refractivity contribution is 5.39. The van der Waals surface area contributed by atoms with Gasteiger partial charge >= 0.3 is 0 Å². The van der Waals surface area contributed by atoms with E-state index in [1.54, 1.807) is 0 Å². The normalized spacial score (nSPS) is 10.7. The third kappa shape index (κ3) is 2.64. The van der Waals surface area contributed by atoms with E-state index in [-0.39, 0.29) is 0 Å². The molecule has 0 unspecified atom stereocenters. The lowest BCUT2D eigenvalue weighted by molar-refractivity contribution is 0.790. The summed E-state index contributed by atoms with van der Waals surface area (Å²) in [7, 11) is 0. The van der Waals surface area contributed by atoms with Gasteiger partial charge in [0.1, 0.15) is 11.6 Å². The Kier molecular flexibility index (Phi) is 3.87. The molecule has 0 aliphatic rings. The molecule has 0 atom stereocenters. The highest BCUT2D eigenvalue weighted by Crippen LogP contribution is 2.15. The van der Waals surface area contributed by atoms with Crippen molar-refractivity contribution in [2.24, 2.45) is 0 Å². The van der Waals surface area contributed by atoms with Gasteiger partial charge in [-0.1, -0.05) is 37.3 Å². The number of rotatable bonds is 5. The summed E-state index contributed by atoms with van der Waals surface area (Å²) < 4.78 is 1.52. The maximum Gasteiger partial charge on any atom is 0.145 e. The van der Waals surface area contributed by atoms with Crippen LogP contribution in [0.5, 0.6) is 0 Å². The molecule has 0 saturated carbocycles. The molecule has 0 fully saturated rings. The van der Waals surface area contributed by atoms with Gasteiger partial charge in [0.05, 0.1) is 5.69 Å². The molecule has 2 aromatic rings. The third-order valence-electron chi connectivity index (χ3n) is 3.06. The average molecular weight is 244 g/mol. The van der Waals surface area contributed by atoms with Crippen molar-refractivity contribution in [3.8, 4) is 0 Å². The largest absolute Gasteiger partial charge is 0.382 e. The van der Waals surface area contributed by atoms with Crippen molar-refractivity contribution in [2.45, 2.75) is 32.6 Å². The summed E-state index contributed by atoms with van der Waals surface area (Å²) in [5.74, 6) is 7.35. The fraction of sp³-hybridized carbons (Fsp3) is 0.357. The standard InChI is InChI=1S/C14H20N4/c1-2-6-13-17-12(14(15)18(13)16)10-9-11-7-4-3-5-8-11/h3-5,7-8H,2,6,9-10,15-16H2,1H3. The molecule has 4 N–H and O–H groups in total. The molecule has 0 saturated heterocycles. The smallest absolute Gasteiger partial charge is 0.145 e. The van der Waals surface area contributed by atoms with Crippen molar-refractivity contribution in [1.82, 2.24) is 9.66 Å². The summed E-state index contributed by atoms with van der Waals surface area (Å²) in [4.78, 5) is 4.53. The van der Waals surface area contributed by atoms with Crippen LogP contribution in [0.15, 0.2) is 30.3 Å². The van der Waals surface area contributed by atoms with E-state index >= 15 is 0 Å². The lowest BCUT2D eigenvalue weighted by atomic mass is 10.1. The van der Waals surface area contributed by atoms with Gasteiger partial charge in [-0.2, -0.15) is 0 Å². The minimum absolute atomic E-state index is 0.592. The number of nitrogen functional groups attached to an aromatic ring is 2. The summed E-state index contributed by atoms with van der Waals surface area (Å²) in [6, 6.07) is 10.3. The van der Waals surface area contributed by atoms with E-state index < -0.39 is 0 Å². The molecule has 4 heteroatoms. The van der Waals surface area contributed by atoms with Crippen LogP contribution in [0.2, 0.25) is 0 Å². The van der Waals surface area contributed by atoms with E-state index in [0.717, 1.165) is 37.2 Å². The summed E-state index contributed by atoms with van der Waals surface area (Å²) in [5.41, 5.74) is 8.17. The number of aromatic nitrogens is 2. The number of benzene rings is 1. The maximum atomic E-state index is 5.97. The maximum absolute atomic E-state index is 5.97. The molecule has 1 heterocycles. The van der Waals surface area contributed by atoms with Gasteiger partial charge in [-0.25, -0.2) is 9.66 Å². The van der Waals surface area contributed by atoms with Crippen LogP contribution in [0.25, 0.3) is 0 Å². The van der Waals surface area contributed by atoms with Gasteiger partial charge in [0, 0.05) is 6.42 Å². The van der Waals surface area contributed by atoms with Crippen LogP contribution in [0.4, 0.5) is 5.82 Å². The molecule has 0 amide bonds. The van der Waals surface area contributed by atoms with Crippen molar-refractivity contribution in [1.29, 1.82) is 0 Å². The molecule has 18 heavy (non-hydrogen) atoms. The van der Waals surface area contributed by atoms with E-state index in [1.165, 1.54) is 10.2 Å². The fourth-order valence-electron chi connectivity index (χ4n) is 2.04. The van der Waals surface area contributed by atoms with Gasteiger partial charge in [0.25, 0.3) is 0 Å². The Morgan fingerprint density at radius 2 is 1.83 bits per heavy atom. The number of nitrogens with zero attached hydrogens (tertiary/aromatic N) is 2. The number of nitrogens with two attached hydrogens (primary N) is 2. The van der Waals surface area contributed by atoms with Crippen molar-refractivity contribution < 1.29 is 0 Å². The second-order valence-corrected chi connectivity index (χ2v) is 4.47. The minimum atomic E-state index is 0.592. The molecule has 96 valence electrons. The van der Waals surface area contributed by atoms with Gasteiger partial charge in [0.2, 0.25) is 0 Å². The van der Waals surface area contributed by atoms with Gasteiger partial charge in [-0.3, -0.25) is 0 Å². The highest BCUT2D eigenvalue weighted by Gasteiger charge is 2.11. The lowest BCUT2D eigenvalue weighted by Gasteiger charge is -2.01. The van der Waals surface area contributed by atoms with Crippen molar-refractivity contribution in [3.05, 3.63) is 47.4 Å². The summed E-state index contributed by atoms with van der Waals surface area (Å²) in [6.07, 6.45) is 3.65. The summed E-state index contributed by atoms with van der Waals surface area (Å²) >= 11 is 0. The second kappa shape index (κ2) is 5.58. The summed E-state index contributed by atoms with van der Waals surface area (Å²) in [6.45, 7) is 2.11. The third-order valence-corrected chi connectivity index (χ3v) is 3.06. The van der Waals surface area contributed by atoms with Gasteiger partial charge in [-0.15, -0.1) is 0 Å². The average Bonchev–Trinajstić information content (AvgIpc) is 2.66. The van der Waals surface area contributed by atoms with E-state index in [2.05, 4.69) is 24.0 Å². The molecule has 4 nitrogen and oxygen atoms in total. The van der Waals surface area contributed by atoms with Crippen molar-refractivity contribution in [3.63, 3.8) is 0 Å². The quantitative estimate of drug-likeness (QED) is 0.789. The zero-order chi connectivity index (χ0) is 13.0. The minimum Gasteiger partial charge on any atom is -0.382 e. The van der Waals surface area contributed by atoms with E-state index in [4.69, 9.17) is 11.6 Å². The van der Waals surface area contributed by atoms with E-state index in [0.29, 0.717) is 5.82 Å². The molecule has 0 spiro atoms. The lowest BCUT2D eigenvalue weighted by Crippen LogP contribution is -2.15. The number of aryl methyl sites for hydroxylation is 3. The molecule has 0 radical (unpaired) electrons. The Morgan fingerprint density at radius 1 is 1.11 bits per heavy atom. The van der Waals surface area contributed by atoms with Crippen LogP contribution in [-0.2, 0) is 19.3 Å². The predicted octanol–water partition coefficient (Wildman–Crippen LogP) is 1.92. The number of hydrogen-bond acceptors (Lipinski definition) is 3. The molecular formula is C14H20N4. The molecular weight excluding hydrogens is 224 g/mol. The van der Waals surface area contributed by atoms with Crippen molar-refractivity contribution >= 4 is 5.82 Å². The first kappa shape index (κ1) is 12.5. The Labute approximate surface area is 108 Å². The molecule has 0 bridgehead atoms. The highest BCUT2D eigenvalue weighted by atomic mass is 15.4. The number of imidazole rings is 1. The predicted molar refractivity (Wildman–Crippen MR) is 74.6 cm³/mol. The molecule has 0 aliphatic carbocycles. The molecule has 1 aromatic heterocycles. The Bertz CT molecular complexity index is 502. The first-order chi connectivity index (χ1) is 8.72. The second-order valence-electron chi connectivity index (χ2n) is 4.47. The zero-order valence-corrected chi connectivity index (χ0v) is 10.8. The SMILES string of the molecule is CCCc1nc(CCc2ccccc2)c(N)n1N. The number of hydrogen-bond donors (Lipinski definition) is 2. The van der Waals surface area contributed by atoms with Gasteiger partial charge in [-0.05, 0) is 24.8 Å². The topological polar surface area (TPSA) is 69.9 Å². The van der Waals surface area contributed by atoms with Crippen LogP contribution in [0, 0.1) is 0 Å². The monoisotopic (exact) mass is 244 g/mol. The molecule has 1 aromatic carbocycles. The fourth-order valence-corrected chi connectivity index (χ4v) is 2.04. The summed E-state index contributed by atoms with van der Waals surface area (Å²) in [5, 5.41) is 0. The first-order valence-electron chi connectivity index (χ1n) is 6.37. The van der Waals surface area contributed by atoms with Crippen LogP contribution in [-0.4, -0.2) is 9.66 Å². The Morgan fingerprint density at radius 3 is 2.50 bits per heavy atom. The van der Waals surface area contributed by atoms with E-state index in [1.807, 2.05) is 18.2 Å². The number of anilines is 1. The molecule has 2 rings (SSSR count). The Balaban J connectivity index is 2.08. The molecule has 0 aliphatic heterocycles. The van der Waals surface area contributed by atoms with Crippen LogP contribution < -0.4 is 11.6 Å². The van der Waals surface area contributed by atoms with Gasteiger partial charge < -0.3 is 11.6 Å². The van der Waals surface area contributed by atoms with Crippen molar-refractivity contribution in [2.75, 3.05) is 11.6 Å². The van der Waals surface area contributed by atoms with E-state index in [9.17, 15) is 0 Å². The zero-order valence-electron chi connectivity index (χ0n) is 10.8. The van der Waals surface area contributed by atoms with Crippen LogP contribution in [0.3, 0.4) is 0 Å². The first-order valence-corrected chi connectivity index (χ1v) is 6.37.